The van der Waals surface area contributed by atoms with Gasteiger partial charge in [-0.25, -0.2) is 0 Å². The number of aromatic amines is 1. The molecule has 7 atom stereocenters. The molecular formula is C41H60N6O6. The zero-order valence-corrected chi connectivity index (χ0v) is 32.5. The van der Waals surface area contributed by atoms with E-state index in [-0.39, 0.29) is 72.2 Å². The number of H-pyrrole nitrogens is 1. The first kappa shape index (κ1) is 41.7. The molecule has 1 aliphatic heterocycles. The van der Waals surface area contributed by atoms with Crippen molar-refractivity contribution in [1.82, 2.24) is 30.8 Å². The van der Waals surface area contributed by atoms with Crippen molar-refractivity contribution in [2.75, 3.05) is 6.54 Å². The summed E-state index contributed by atoms with van der Waals surface area (Å²) in [6.07, 6.45) is 6.16. The monoisotopic (exact) mass is 732 g/mol. The number of nitrogens with one attached hydrogen (secondary N) is 2. The van der Waals surface area contributed by atoms with Gasteiger partial charge in [-0.05, 0) is 67.3 Å². The van der Waals surface area contributed by atoms with Crippen LogP contribution in [0.15, 0.2) is 30.3 Å². The maximum Gasteiger partial charge on any atom is 0.246 e. The van der Waals surface area contributed by atoms with Gasteiger partial charge in [0, 0.05) is 50.5 Å². The predicted molar refractivity (Wildman–Crippen MR) is 200 cm³/mol. The van der Waals surface area contributed by atoms with E-state index in [0.717, 1.165) is 31.2 Å². The van der Waals surface area contributed by atoms with Crippen LogP contribution in [-0.2, 0) is 35.2 Å². The molecule has 12 heteroatoms. The number of fused-ring (bicyclic) bond motifs is 1. The van der Waals surface area contributed by atoms with E-state index < -0.39 is 35.5 Å². The molecule has 2 aliphatic rings. The summed E-state index contributed by atoms with van der Waals surface area (Å²) >= 11 is 0. The largest absolute Gasteiger partial charge is 0.344 e. The van der Waals surface area contributed by atoms with Gasteiger partial charge in [0.1, 0.15) is 11.8 Å². The highest BCUT2D eigenvalue weighted by atomic mass is 16.2. The van der Waals surface area contributed by atoms with Crippen LogP contribution in [-0.4, -0.2) is 79.1 Å². The van der Waals surface area contributed by atoms with Gasteiger partial charge in [-0.15, -0.1) is 10.2 Å². The van der Waals surface area contributed by atoms with Crippen LogP contribution in [0.1, 0.15) is 129 Å². The van der Waals surface area contributed by atoms with Crippen LogP contribution in [0, 0.1) is 35.5 Å². The summed E-state index contributed by atoms with van der Waals surface area (Å²) in [5.74, 6) is -2.91. The van der Waals surface area contributed by atoms with Gasteiger partial charge in [-0.3, -0.25) is 28.8 Å². The van der Waals surface area contributed by atoms with Crippen LogP contribution in [0.5, 0.6) is 0 Å². The van der Waals surface area contributed by atoms with Crippen LogP contribution in [0.4, 0.5) is 0 Å². The minimum absolute atomic E-state index is 0.0118. The number of rotatable bonds is 22. The van der Waals surface area contributed by atoms with Crippen molar-refractivity contribution in [1.29, 1.82) is 0 Å². The lowest BCUT2D eigenvalue weighted by Crippen LogP contribution is -2.56. The number of aromatic nitrogens is 4. The van der Waals surface area contributed by atoms with Crippen LogP contribution in [0.25, 0.3) is 0 Å². The number of nitrogens with zero attached hydrogens (tertiary/aromatic N) is 4. The molecule has 1 aromatic heterocycles. The minimum atomic E-state index is -0.878. The van der Waals surface area contributed by atoms with E-state index in [2.05, 4.69) is 25.9 Å². The maximum atomic E-state index is 14.4. The van der Waals surface area contributed by atoms with E-state index in [1.54, 1.807) is 4.90 Å². The van der Waals surface area contributed by atoms with E-state index in [1.165, 1.54) is 0 Å². The molecule has 2 amide bonds. The Bertz CT molecular complexity index is 1540. The molecule has 1 aromatic carbocycles. The highest BCUT2D eigenvalue weighted by molar-refractivity contribution is 6.38. The summed E-state index contributed by atoms with van der Waals surface area (Å²) < 4.78 is 0. The molecule has 2 aromatic rings. The van der Waals surface area contributed by atoms with Crippen LogP contribution in [0.2, 0.25) is 0 Å². The molecule has 290 valence electrons. The fourth-order valence-electron chi connectivity index (χ4n) is 8.31. The summed E-state index contributed by atoms with van der Waals surface area (Å²) in [6, 6.07) is 8.03. The number of benzene rings is 1. The lowest BCUT2D eigenvalue weighted by Gasteiger charge is -2.33. The first-order valence-corrected chi connectivity index (χ1v) is 19.8. The first-order valence-electron chi connectivity index (χ1n) is 19.8. The molecule has 0 radical (unpaired) electrons. The number of hydrogen-bond donors (Lipinski definition) is 2. The zero-order valence-electron chi connectivity index (χ0n) is 32.5. The Balaban J connectivity index is 1.42. The Morgan fingerprint density at radius 1 is 0.925 bits per heavy atom. The standard InChI is InChI=1S/C41H60N6O6/c1-7-14-29(39(51)35(50)21-27(6)28-15-9-8-10-16-28)22-34(49)38-32-19-13-17-30(32)24-47(38)41(53)37(26(4)5)42-40(52)33(25(2)3)23-31(48)18-11-12-20-36-43-45-46-44-36/h8-10,15-16,25-27,29-30,32-33,37-38H,7,11-14,17-24H2,1-6H3,(H,42,52)(H,43,44,45,46)/t27?,29?,30-,32-,33+,37-,38?/m0/s1. The van der Waals surface area contributed by atoms with Crippen molar-refractivity contribution in [3.05, 3.63) is 41.7 Å². The molecule has 1 aliphatic carbocycles. The van der Waals surface area contributed by atoms with Crippen LogP contribution >= 0.6 is 0 Å². The second-order valence-electron chi connectivity index (χ2n) is 16.1. The second-order valence-corrected chi connectivity index (χ2v) is 16.1. The number of unbranched alkanes of at least 4 members (excludes halogenated alkanes) is 1. The zero-order chi connectivity index (χ0) is 38.7. The van der Waals surface area contributed by atoms with E-state index in [9.17, 15) is 28.8 Å². The van der Waals surface area contributed by atoms with Crippen molar-refractivity contribution in [2.45, 2.75) is 137 Å². The summed E-state index contributed by atoms with van der Waals surface area (Å²) in [6.45, 7) is 11.8. The summed E-state index contributed by atoms with van der Waals surface area (Å²) in [5, 5.41) is 16.8. The summed E-state index contributed by atoms with van der Waals surface area (Å²) in [5.41, 5.74) is 0.982. The van der Waals surface area contributed by atoms with Gasteiger partial charge in [-0.2, -0.15) is 5.21 Å². The number of carbonyl (C=O) groups is 6. The molecule has 12 nitrogen and oxygen atoms in total. The van der Waals surface area contributed by atoms with E-state index in [1.807, 2.05) is 71.9 Å². The molecule has 3 unspecified atom stereocenters. The van der Waals surface area contributed by atoms with Crippen molar-refractivity contribution >= 4 is 34.9 Å². The van der Waals surface area contributed by atoms with Crippen molar-refractivity contribution in [2.24, 2.45) is 35.5 Å². The quantitative estimate of drug-likeness (QED) is 0.115. The molecule has 0 spiro atoms. The molecule has 1 saturated carbocycles. The molecule has 2 N–H and O–H groups in total. The number of Topliss-reactive ketones (excluding diaryl/α,β-unsaturated/α-hetero) is 4. The third-order valence-corrected chi connectivity index (χ3v) is 11.4. The van der Waals surface area contributed by atoms with Crippen LogP contribution in [0.3, 0.4) is 0 Å². The fraction of sp³-hybridized carbons (Fsp3) is 0.683. The second kappa shape index (κ2) is 19.8. The summed E-state index contributed by atoms with van der Waals surface area (Å²) in [4.78, 5) is 83.9. The topological polar surface area (TPSA) is 172 Å². The smallest absolute Gasteiger partial charge is 0.246 e. The van der Waals surface area contributed by atoms with Gasteiger partial charge in [0.15, 0.2) is 17.4 Å². The number of hydrogen-bond acceptors (Lipinski definition) is 9. The highest BCUT2D eigenvalue weighted by Crippen LogP contribution is 2.43. The number of aryl methyl sites for hydroxylation is 1. The molecule has 0 bridgehead atoms. The van der Waals surface area contributed by atoms with Gasteiger partial charge in [0.05, 0.1) is 6.04 Å². The number of carbonyl (C=O) groups excluding carboxylic acids is 6. The third-order valence-electron chi connectivity index (χ3n) is 11.4. The fourth-order valence-corrected chi connectivity index (χ4v) is 8.31. The number of amides is 2. The molecule has 2 fully saturated rings. The molecule has 1 saturated heterocycles. The van der Waals surface area contributed by atoms with Crippen molar-refractivity contribution in [3.8, 4) is 0 Å². The Morgan fingerprint density at radius 2 is 1.66 bits per heavy atom. The summed E-state index contributed by atoms with van der Waals surface area (Å²) in [7, 11) is 0. The van der Waals surface area contributed by atoms with Gasteiger partial charge in [0.2, 0.25) is 17.6 Å². The average Bonchev–Trinajstić information content (AvgIpc) is 3.89. The third kappa shape index (κ3) is 11.2. The number of ketones is 4. The number of tetrazole rings is 1. The van der Waals surface area contributed by atoms with E-state index >= 15 is 0 Å². The molecule has 2 heterocycles. The van der Waals surface area contributed by atoms with Crippen LogP contribution < -0.4 is 5.32 Å². The van der Waals surface area contributed by atoms with E-state index in [0.29, 0.717) is 44.5 Å². The normalized spacial score (nSPS) is 20.5. The molecule has 4 rings (SSSR count). The highest BCUT2D eigenvalue weighted by Gasteiger charge is 2.51. The van der Waals surface area contributed by atoms with Gasteiger partial charge in [-0.1, -0.05) is 89.9 Å². The lowest BCUT2D eigenvalue weighted by molar-refractivity contribution is -0.145. The average molecular weight is 733 g/mol. The Labute approximate surface area is 314 Å². The predicted octanol–water partition coefficient (Wildman–Crippen LogP) is 5.62. The van der Waals surface area contributed by atoms with Gasteiger partial charge < -0.3 is 10.2 Å². The molecular weight excluding hydrogens is 672 g/mol. The van der Waals surface area contributed by atoms with E-state index in [4.69, 9.17) is 0 Å². The van der Waals surface area contributed by atoms with Crippen molar-refractivity contribution < 1.29 is 28.8 Å². The van der Waals surface area contributed by atoms with Gasteiger partial charge in [0.25, 0.3) is 0 Å². The lowest BCUT2D eigenvalue weighted by atomic mass is 9.83. The minimum Gasteiger partial charge on any atom is -0.344 e. The SMILES string of the molecule is CCCC(CC(=O)C1[C@H]2CCC[C@H]2CN1C(=O)[C@@H](NC(=O)[C@H](CC(=O)CCCCc1nn[nH]n1)C(C)C)C(C)C)C(=O)C(=O)CC(C)c1ccccc1. The Kier molecular flexibility index (Phi) is 15.6. The molecule has 53 heavy (non-hydrogen) atoms. The Morgan fingerprint density at radius 3 is 2.30 bits per heavy atom. The first-order chi connectivity index (χ1) is 25.3. The maximum absolute atomic E-state index is 14.4. The van der Waals surface area contributed by atoms with Crippen molar-refractivity contribution in [3.63, 3.8) is 0 Å². The number of likely N-dealkylation sites (tertiary alicyclic amines) is 1. The Hall–Kier alpha value is -4.09. The van der Waals surface area contributed by atoms with Gasteiger partial charge >= 0.3 is 0 Å².